The number of anilines is 1. The third-order valence-electron chi connectivity index (χ3n) is 4.52. The summed E-state index contributed by atoms with van der Waals surface area (Å²) in [4.78, 5) is 24.6. The molecule has 0 aliphatic carbocycles. The molecule has 3 aromatic rings. The molecule has 0 aliphatic heterocycles. The number of benzene rings is 3. The van der Waals surface area contributed by atoms with Gasteiger partial charge >= 0.3 is 0 Å². The molecule has 0 spiro atoms. The molecule has 0 heterocycles. The van der Waals surface area contributed by atoms with Gasteiger partial charge in [-0.3, -0.25) is 9.59 Å². The van der Waals surface area contributed by atoms with Crippen molar-refractivity contribution < 1.29 is 23.8 Å². The largest absolute Gasteiger partial charge is 0.497 e. The molecule has 32 heavy (non-hydrogen) atoms. The van der Waals surface area contributed by atoms with Gasteiger partial charge in [0.15, 0.2) is 6.61 Å². The number of methoxy groups -OCH3 is 2. The van der Waals surface area contributed by atoms with Crippen LogP contribution in [0.25, 0.3) is 0 Å². The average Bonchev–Trinajstić information content (AvgIpc) is 2.81. The maximum Gasteiger partial charge on any atom is 0.262 e. The molecule has 0 saturated carbocycles. The second-order valence-electron chi connectivity index (χ2n) is 6.73. The SMILES string of the molecule is COc1cccc(NC(=O)COc2ccc(C(=O)NCc3cc(Br)ccc3OC)cc2)c1. The van der Waals surface area contributed by atoms with Crippen LogP contribution in [0.4, 0.5) is 5.69 Å². The van der Waals surface area contributed by atoms with E-state index in [0.29, 0.717) is 35.0 Å². The number of halogens is 1. The molecule has 7 nitrogen and oxygen atoms in total. The van der Waals surface area contributed by atoms with Crippen molar-refractivity contribution in [3.63, 3.8) is 0 Å². The lowest BCUT2D eigenvalue weighted by Gasteiger charge is -2.11. The van der Waals surface area contributed by atoms with Gasteiger partial charge in [0.25, 0.3) is 11.8 Å². The van der Waals surface area contributed by atoms with Gasteiger partial charge in [0.1, 0.15) is 17.2 Å². The van der Waals surface area contributed by atoms with Crippen LogP contribution in [0.3, 0.4) is 0 Å². The Morgan fingerprint density at radius 2 is 1.69 bits per heavy atom. The first kappa shape index (κ1) is 23.1. The minimum atomic E-state index is -0.303. The Kier molecular flexibility index (Phi) is 8.10. The zero-order valence-corrected chi connectivity index (χ0v) is 19.3. The molecule has 3 rings (SSSR count). The second kappa shape index (κ2) is 11.2. The first-order valence-corrected chi connectivity index (χ1v) is 10.5. The molecule has 0 aromatic heterocycles. The van der Waals surface area contributed by atoms with E-state index in [9.17, 15) is 9.59 Å². The van der Waals surface area contributed by atoms with E-state index >= 15 is 0 Å². The first-order valence-electron chi connectivity index (χ1n) is 9.76. The monoisotopic (exact) mass is 498 g/mol. The fourth-order valence-electron chi connectivity index (χ4n) is 2.91. The Labute approximate surface area is 194 Å². The summed E-state index contributed by atoms with van der Waals surface area (Å²) in [6.45, 7) is 0.162. The van der Waals surface area contributed by atoms with E-state index in [2.05, 4.69) is 26.6 Å². The Balaban J connectivity index is 1.50. The molecule has 0 fully saturated rings. The topological polar surface area (TPSA) is 85.9 Å². The van der Waals surface area contributed by atoms with Gasteiger partial charge in [0.05, 0.1) is 14.2 Å². The number of hydrogen-bond donors (Lipinski definition) is 2. The van der Waals surface area contributed by atoms with E-state index in [-0.39, 0.29) is 18.4 Å². The van der Waals surface area contributed by atoms with Crippen LogP contribution in [0.2, 0.25) is 0 Å². The summed E-state index contributed by atoms with van der Waals surface area (Å²) in [6.07, 6.45) is 0. The van der Waals surface area contributed by atoms with E-state index in [4.69, 9.17) is 14.2 Å². The zero-order chi connectivity index (χ0) is 22.9. The normalized spacial score (nSPS) is 10.2. The predicted octanol–water partition coefficient (Wildman–Crippen LogP) is 4.41. The molecule has 0 aliphatic rings. The van der Waals surface area contributed by atoms with E-state index in [0.717, 1.165) is 10.0 Å². The zero-order valence-electron chi connectivity index (χ0n) is 17.7. The molecule has 8 heteroatoms. The summed E-state index contributed by atoms with van der Waals surface area (Å²) in [5, 5.41) is 5.61. The quantitative estimate of drug-likeness (QED) is 0.456. The summed E-state index contributed by atoms with van der Waals surface area (Å²) < 4.78 is 16.9. The van der Waals surface area contributed by atoms with Crippen molar-refractivity contribution >= 4 is 33.4 Å². The molecule has 0 bridgehead atoms. The second-order valence-corrected chi connectivity index (χ2v) is 7.65. The van der Waals surface area contributed by atoms with Gasteiger partial charge in [-0.1, -0.05) is 22.0 Å². The molecule has 166 valence electrons. The van der Waals surface area contributed by atoms with Crippen molar-refractivity contribution in [2.24, 2.45) is 0 Å². The Morgan fingerprint density at radius 3 is 2.41 bits per heavy atom. The minimum Gasteiger partial charge on any atom is -0.497 e. The predicted molar refractivity (Wildman–Crippen MR) is 125 cm³/mol. The average molecular weight is 499 g/mol. The van der Waals surface area contributed by atoms with Crippen LogP contribution in [-0.4, -0.2) is 32.6 Å². The van der Waals surface area contributed by atoms with Gasteiger partial charge in [-0.05, 0) is 54.6 Å². The third kappa shape index (κ3) is 6.49. The van der Waals surface area contributed by atoms with Crippen LogP contribution in [0, 0.1) is 0 Å². The lowest BCUT2D eigenvalue weighted by Crippen LogP contribution is -2.23. The van der Waals surface area contributed by atoms with Gasteiger partial charge < -0.3 is 24.8 Å². The number of carbonyl (C=O) groups is 2. The highest BCUT2D eigenvalue weighted by atomic mass is 79.9. The highest BCUT2D eigenvalue weighted by Crippen LogP contribution is 2.23. The van der Waals surface area contributed by atoms with Crippen LogP contribution in [-0.2, 0) is 11.3 Å². The van der Waals surface area contributed by atoms with Crippen molar-refractivity contribution in [1.29, 1.82) is 0 Å². The Morgan fingerprint density at radius 1 is 0.906 bits per heavy atom. The first-order chi connectivity index (χ1) is 15.5. The molecule has 2 amide bonds. The maximum atomic E-state index is 12.5. The number of rotatable bonds is 9. The number of carbonyl (C=O) groups excluding carboxylic acids is 2. The van der Waals surface area contributed by atoms with Crippen molar-refractivity contribution in [3.8, 4) is 17.2 Å². The summed E-state index contributed by atoms with van der Waals surface area (Å²) in [5.74, 6) is 1.30. The van der Waals surface area contributed by atoms with Gasteiger partial charge in [0, 0.05) is 33.9 Å². The van der Waals surface area contributed by atoms with E-state index < -0.39 is 0 Å². The molecule has 0 atom stereocenters. The van der Waals surface area contributed by atoms with Crippen molar-refractivity contribution in [1.82, 2.24) is 5.32 Å². The number of nitrogens with one attached hydrogen (secondary N) is 2. The van der Waals surface area contributed by atoms with Crippen molar-refractivity contribution in [2.75, 3.05) is 26.1 Å². The van der Waals surface area contributed by atoms with Crippen LogP contribution >= 0.6 is 15.9 Å². The van der Waals surface area contributed by atoms with E-state index in [1.807, 2.05) is 18.2 Å². The van der Waals surface area contributed by atoms with E-state index in [1.54, 1.807) is 62.8 Å². The molecule has 0 unspecified atom stereocenters. The summed E-state index contributed by atoms with van der Waals surface area (Å²) >= 11 is 3.42. The lowest BCUT2D eigenvalue weighted by molar-refractivity contribution is -0.118. The maximum absolute atomic E-state index is 12.5. The fourth-order valence-corrected chi connectivity index (χ4v) is 3.32. The van der Waals surface area contributed by atoms with Crippen LogP contribution < -0.4 is 24.8 Å². The van der Waals surface area contributed by atoms with Crippen molar-refractivity contribution in [3.05, 3.63) is 82.3 Å². The summed E-state index contributed by atoms with van der Waals surface area (Å²) in [5.41, 5.74) is 1.96. The lowest BCUT2D eigenvalue weighted by atomic mass is 10.1. The van der Waals surface area contributed by atoms with Gasteiger partial charge in [0.2, 0.25) is 0 Å². The van der Waals surface area contributed by atoms with Gasteiger partial charge in [-0.15, -0.1) is 0 Å². The summed E-state index contributed by atoms with van der Waals surface area (Å²) in [7, 11) is 3.15. The molecule has 3 aromatic carbocycles. The van der Waals surface area contributed by atoms with Crippen LogP contribution in [0.15, 0.2) is 71.2 Å². The van der Waals surface area contributed by atoms with Crippen LogP contribution in [0.5, 0.6) is 17.2 Å². The molecular formula is C24H23BrN2O5. The Hall–Kier alpha value is -3.52. The fraction of sp³-hybridized carbons (Fsp3) is 0.167. The molecule has 0 radical (unpaired) electrons. The smallest absolute Gasteiger partial charge is 0.262 e. The van der Waals surface area contributed by atoms with Crippen LogP contribution in [0.1, 0.15) is 15.9 Å². The number of ether oxygens (including phenoxy) is 3. The molecular weight excluding hydrogens is 476 g/mol. The Bertz CT molecular complexity index is 1090. The minimum absolute atomic E-state index is 0.161. The molecule has 2 N–H and O–H groups in total. The number of hydrogen-bond acceptors (Lipinski definition) is 5. The standard InChI is InChI=1S/C24H23BrN2O5/c1-30-21-5-3-4-19(13-21)27-23(28)15-32-20-9-6-16(7-10-20)24(29)26-14-17-12-18(25)8-11-22(17)31-2/h3-13H,14-15H2,1-2H3,(H,26,29)(H,27,28). The summed E-state index contributed by atoms with van der Waals surface area (Å²) in [6, 6.07) is 19.2. The van der Waals surface area contributed by atoms with Gasteiger partial charge in [-0.2, -0.15) is 0 Å². The van der Waals surface area contributed by atoms with Crippen molar-refractivity contribution in [2.45, 2.75) is 6.54 Å². The third-order valence-corrected chi connectivity index (χ3v) is 5.02. The van der Waals surface area contributed by atoms with Gasteiger partial charge in [-0.25, -0.2) is 0 Å². The highest BCUT2D eigenvalue weighted by molar-refractivity contribution is 9.10. The highest BCUT2D eigenvalue weighted by Gasteiger charge is 2.10. The van der Waals surface area contributed by atoms with E-state index in [1.165, 1.54) is 0 Å². The number of amides is 2. The molecule has 0 saturated heterocycles.